The largest absolute Gasteiger partial charge is 0.411 e. The smallest absolute Gasteiger partial charge is 0.362 e. The third-order valence-electron chi connectivity index (χ3n) is 2.01. The van der Waals surface area contributed by atoms with Crippen LogP contribution in [0.2, 0.25) is 0 Å². The van der Waals surface area contributed by atoms with Crippen molar-refractivity contribution in [2.24, 2.45) is 0 Å². The van der Waals surface area contributed by atoms with E-state index in [1.165, 1.54) is 0 Å². The molecule has 7 heteroatoms. The fourth-order valence-corrected chi connectivity index (χ4v) is 1.74. The summed E-state index contributed by atoms with van der Waals surface area (Å²) in [6.07, 6.45) is -2.68. The summed E-state index contributed by atoms with van der Waals surface area (Å²) >= 11 is 3.23. The van der Waals surface area contributed by atoms with Gasteiger partial charge in [0, 0.05) is 10.9 Å². The van der Waals surface area contributed by atoms with E-state index in [0.29, 0.717) is 5.33 Å². The van der Waals surface area contributed by atoms with Crippen LogP contribution in [0.1, 0.15) is 12.8 Å². The number of carbonyl (C=O) groups is 1. The zero-order valence-electron chi connectivity index (χ0n) is 7.86. The van der Waals surface area contributed by atoms with E-state index in [4.69, 9.17) is 0 Å². The monoisotopic (exact) mass is 289 g/mol. The minimum absolute atomic E-state index is 0.251. The first-order valence-electron chi connectivity index (χ1n) is 4.38. The standard InChI is InChI=1S/C8H11BrF3NO2/c9-4-7(1-2-7)13-6(14)3-15-5-8(10,11)12/h1-5H2,(H,13,14). The van der Waals surface area contributed by atoms with E-state index in [2.05, 4.69) is 26.0 Å². The van der Waals surface area contributed by atoms with Crippen LogP contribution >= 0.6 is 15.9 Å². The highest BCUT2D eigenvalue weighted by Gasteiger charge is 2.42. The lowest BCUT2D eigenvalue weighted by atomic mass is 10.3. The van der Waals surface area contributed by atoms with E-state index < -0.39 is 25.3 Å². The molecule has 0 spiro atoms. The van der Waals surface area contributed by atoms with Crippen molar-refractivity contribution in [3.05, 3.63) is 0 Å². The van der Waals surface area contributed by atoms with E-state index in [1.54, 1.807) is 0 Å². The lowest BCUT2D eigenvalue weighted by Crippen LogP contribution is -2.40. The molecule has 0 aliphatic heterocycles. The van der Waals surface area contributed by atoms with Crippen LogP contribution in [0.4, 0.5) is 13.2 Å². The van der Waals surface area contributed by atoms with Gasteiger partial charge in [0.25, 0.3) is 0 Å². The molecule has 0 aromatic rings. The number of halogens is 4. The maximum Gasteiger partial charge on any atom is 0.411 e. The fraction of sp³-hybridized carbons (Fsp3) is 0.875. The summed E-state index contributed by atoms with van der Waals surface area (Å²) in [5, 5.41) is 3.24. The number of rotatable bonds is 5. The molecular formula is C8H11BrF3NO2. The number of hydrogen-bond donors (Lipinski definition) is 1. The molecule has 3 nitrogen and oxygen atoms in total. The molecule has 15 heavy (non-hydrogen) atoms. The van der Waals surface area contributed by atoms with Crippen molar-refractivity contribution in [1.82, 2.24) is 5.32 Å². The number of alkyl halides is 4. The quantitative estimate of drug-likeness (QED) is 0.781. The zero-order chi connectivity index (χ0) is 11.5. The van der Waals surface area contributed by atoms with Gasteiger partial charge in [-0.2, -0.15) is 13.2 Å². The summed E-state index contributed by atoms with van der Waals surface area (Å²) in [6.45, 7) is -1.93. The number of hydrogen-bond acceptors (Lipinski definition) is 2. The Morgan fingerprint density at radius 2 is 2.07 bits per heavy atom. The summed E-state index contributed by atoms with van der Waals surface area (Å²) in [4.78, 5) is 11.1. The fourth-order valence-electron chi connectivity index (χ4n) is 1.03. The molecule has 0 saturated heterocycles. The molecule has 1 aliphatic rings. The number of ether oxygens (including phenoxy) is 1. The molecule has 0 unspecified atom stereocenters. The van der Waals surface area contributed by atoms with Crippen LogP contribution in [-0.4, -0.2) is 36.2 Å². The Labute approximate surface area is 93.5 Å². The average Bonchev–Trinajstić information content (AvgIpc) is 2.83. The number of nitrogens with one attached hydrogen (secondary N) is 1. The van der Waals surface area contributed by atoms with Gasteiger partial charge in [0.05, 0.1) is 0 Å². The molecule has 0 bridgehead atoms. The van der Waals surface area contributed by atoms with Gasteiger partial charge in [0.2, 0.25) is 5.91 Å². The molecule has 1 aliphatic carbocycles. The van der Waals surface area contributed by atoms with E-state index in [9.17, 15) is 18.0 Å². The van der Waals surface area contributed by atoms with Gasteiger partial charge < -0.3 is 10.1 Å². The first-order valence-corrected chi connectivity index (χ1v) is 5.50. The van der Waals surface area contributed by atoms with Crippen LogP contribution in [-0.2, 0) is 9.53 Å². The second kappa shape index (κ2) is 4.69. The topological polar surface area (TPSA) is 38.3 Å². The number of amides is 1. The molecule has 0 aromatic heterocycles. The Morgan fingerprint density at radius 1 is 1.47 bits per heavy atom. The average molecular weight is 290 g/mol. The second-order valence-electron chi connectivity index (χ2n) is 3.57. The Hall–Kier alpha value is -0.300. The summed E-state index contributed by atoms with van der Waals surface area (Å²) in [7, 11) is 0. The lowest BCUT2D eigenvalue weighted by Gasteiger charge is -2.14. The molecule has 0 aromatic carbocycles. The maximum atomic E-state index is 11.7. The minimum Gasteiger partial charge on any atom is -0.362 e. The maximum absolute atomic E-state index is 11.7. The van der Waals surface area contributed by atoms with Gasteiger partial charge >= 0.3 is 6.18 Å². The lowest BCUT2D eigenvalue weighted by molar-refractivity contribution is -0.175. The molecule has 1 N–H and O–H groups in total. The van der Waals surface area contributed by atoms with Crippen LogP contribution in [0.3, 0.4) is 0 Å². The third kappa shape index (κ3) is 4.83. The van der Waals surface area contributed by atoms with Crippen LogP contribution in [0.25, 0.3) is 0 Å². The Balaban J connectivity index is 2.14. The van der Waals surface area contributed by atoms with Crippen molar-refractivity contribution < 1.29 is 22.7 Å². The summed E-state index contributed by atoms with van der Waals surface area (Å²) in [5.41, 5.74) is -0.251. The number of carbonyl (C=O) groups excluding carboxylic acids is 1. The molecule has 88 valence electrons. The highest BCUT2D eigenvalue weighted by molar-refractivity contribution is 9.09. The Kier molecular flexibility index (Phi) is 3.99. The Bertz CT molecular complexity index is 241. The molecule has 1 fully saturated rings. The molecule has 1 saturated carbocycles. The van der Waals surface area contributed by atoms with E-state index >= 15 is 0 Å². The van der Waals surface area contributed by atoms with Gasteiger partial charge in [0.1, 0.15) is 13.2 Å². The predicted molar refractivity (Wildman–Crippen MR) is 50.8 cm³/mol. The molecule has 1 amide bonds. The Morgan fingerprint density at radius 3 is 2.47 bits per heavy atom. The normalized spacial score (nSPS) is 18.7. The predicted octanol–water partition coefficient (Wildman–Crippen LogP) is 1.61. The van der Waals surface area contributed by atoms with Crippen LogP contribution in [0.15, 0.2) is 0 Å². The zero-order valence-corrected chi connectivity index (χ0v) is 9.45. The highest BCUT2D eigenvalue weighted by Crippen LogP contribution is 2.36. The van der Waals surface area contributed by atoms with Crippen LogP contribution in [0.5, 0.6) is 0 Å². The van der Waals surface area contributed by atoms with Crippen molar-refractivity contribution in [3.8, 4) is 0 Å². The molecular weight excluding hydrogens is 279 g/mol. The molecule has 1 rings (SSSR count). The van der Waals surface area contributed by atoms with Gasteiger partial charge in [-0.25, -0.2) is 0 Å². The summed E-state index contributed by atoms with van der Waals surface area (Å²) in [6, 6.07) is 0. The van der Waals surface area contributed by atoms with Crippen LogP contribution in [0, 0.1) is 0 Å². The third-order valence-corrected chi connectivity index (χ3v) is 3.09. The first-order chi connectivity index (χ1) is 6.87. The van der Waals surface area contributed by atoms with E-state index in [0.717, 1.165) is 12.8 Å². The van der Waals surface area contributed by atoms with Gasteiger partial charge in [0.15, 0.2) is 0 Å². The first kappa shape index (κ1) is 12.8. The van der Waals surface area contributed by atoms with Gasteiger partial charge in [-0.05, 0) is 12.8 Å². The second-order valence-corrected chi connectivity index (χ2v) is 4.13. The molecule has 0 radical (unpaired) electrons. The van der Waals surface area contributed by atoms with Crippen molar-refractivity contribution in [3.63, 3.8) is 0 Å². The van der Waals surface area contributed by atoms with Gasteiger partial charge in [-0.1, -0.05) is 15.9 Å². The van der Waals surface area contributed by atoms with Crippen molar-refractivity contribution >= 4 is 21.8 Å². The minimum atomic E-state index is -4.38. The van der Waals surface area contributed by atoms with Crippen molar-refractivity contribution in [2.75, 3.05) is 18.5 Å². The van der Waals surface area contributed by atoms with Crippen LogP contribution < -0.4 is 5.32 Å². The summed E-state index contributed by atoms with van der Waals surface area (Å²) < 4.78 is 39.2. The van der Waals surface area contributed by atoms with Crippen molar-refractivity contribution in [1.29, 1.82) is 0 Å². The highest BCUT2D eigenvalue weighted by atomic mass is 79.9. The van der Waals surface area contributed by atoms with Gasteiger partial charge in [-0.3, -0.25) is 4.79 Å². The van der Waals surface area contributed by atoms with Gasteiger partial charge in [-0.15, -0.1) is 0 Å². The molecule has 0 atom stereocenters. The molecule has 0 heterocycles. The van der Waals surface area contributed by atoms with E-state index in [1.807, 2.05) is 0 Å². The van der Waals surface area contributed by atoms with Crippen molar-refractivity contribution in [2.45, 2.75) is 24.6 Å². The SMILES string of the molecule is O=C(COCC(F)(F)F)NC1(CBr)CC1. The summed E-state index contributed by atoms with van der Waals surface area (Å²) in [5.74, 6) is -0.504. The van der Waals surface area contributed by atoms with E-state index in [-0.39, 0.29) is 5.54 Å².